The lowest BCUT2D eigenvalue weighted by atomic mass is 9.50. The quantitative estimate of drug-likeness (QED) is 0.477. The highest BCUT2D eigenvalue weighted by Crippen LogP contribution is 2.57. The standard InChI is InChI=1S/C20H30O3/c1-12-5-7-17-14(3)18(21)9-10-20(17,4)16(12)8-6-15-13(2)11-23-19(15)22/h6,13-14,16-18,21H,1,5,7-11H2,2-4H3/b15-6+/t13-,14-,16-,17-,18-,20+/m1/s1. The van der Waals surface area contributed by atoms with Crippen LogP contribution < -0.4 is 0 Å². The van der Waals surface area contributed by atoms with E-state index in [-0.39, 0.29) is 23.4 Å². The van der Waals surface area contributed by atoms with E-state index in [1.807, 2.05) is 0 Å². The molecule has 23 heavy (non-hydrogen) atoms. The van der Waals surface area contributed by atoms with E-state index in [9.17, 15) is 9.90 Å². The van der Waals surface area contributed by atoms with Crippen molar-refractivity contribution < 1.29 is 14.6 Å². The molecule has 0 unspecified atom stereocenters. The van der Waals surface area contributed by atoms with Crippen LogP contribution in [0.5, 0.6) is 0 Å². The van der Waals surface area contributed by atoms with E-state index in [0.29, 0.717) is 24.4 Å². The van der Waals surface area contributed by atoms with E-state index >= 15 is 0 Å². The predicted octanol–water partition coefficient (Wildman–Crippen LogP) is 3.88. The number of carbonyl (C=O) groups excluding carboxylic acids is 1. The lowest BCUT2D eigenvalue weighted by Crippen LogP contribution is -2.49. The van der Waals surface area contributed by atoms with Crippen molar-refractivity contribution in [2.24, 2.45) is 29.1 Å². The number of esters is 1. The molecule has 0 bridgehead atoms. The Kier molecular flexibility index (Phi) is 4.43. The van der Waals surface area contributed by atoms with Gasteiger partial charge in [-0.25, -0.2) is 4.79 Å². The van der Waals surface area contributed by atoms with Crippen molar-refractivity contribution in [3.05, 3.63) is 23.8 Å². The molecule has 3 aliphatic rings. The number of aliphatic hydroxyl groups excluding tert-OH is 1. The van der Waals surface area contributed by atoms with Crippen LogP contribution in [0.25, 0.3) is 0 Å². The zero-order valence-electron chi connectivity index (χ0n) is 14.7. The molecule has 3 rings (SSSR count). The van der Waals surface area contributed by atoms with Gasteiger partial charge in [0, 0.05) is 11.5 Å². The van der Waals surface area contributed by atoms with Crippen LogP contribution >= 0.6 is 0 Å². The highest BCUT2D eigenvalue weighted by atomic mass is 16.5. The molecule has 1 N–H and O–H groups in total. The number of ether oxygens (including phenoxy) is 1. The summed E-state index contributed by atoms with van der Waals surface area (Å²) in [5.74, 6) is 1.37. The molecule has 3 heteroatoms. The van der Waals surface area contributed by atoms with Crippen molar-refractivity contribution >= 4 is 5.97 Å². The molecule has 128 valence electrons. The maximum atomic E-state index is 11.9. The van der Waals surface area contributed by atoms with E-state index in [1.165, 1.54) is 5.57 Å². The van der Waals surface area contributed by atoms with Gasteiger partial charge < -0.3 is 9.84 Å². The van der Waals surface area contributed by atoms with E-state index in [0.717, 1.165) is 37.7 Å². The second-order valence-corrected chi connectivity index (χ2v) is 8.22. The molecular formula is C20H30O3. The van der Waals surface area contributed by atoms with Crippen LogP contribution in [0, 0.1) is 29.1 Å². The molecule has 0 radical (unpaired) electrons. The fourth-order valence-corrected chi connectivity index (χ4v) is 5.32. The first kappa shape index (κ1) is 16.8. The minimum absolute atomic E-state index is 0.145. The van der Waals surface area contributed by atoms with Crippen LogP contribution in [0.15, 0.2) is 23.8 Å². The molecule has 0 aromatic heterocycles. The molecular weight excluding hydrogens is 288 g/mol. The van der Waals surface area contributed by atoms with Crippen molar-refractivity contribution in [2.45, 2.75) is 59.0 Å². The second kappa shape index (κ2) is 6.08. The number of cyclic esters (lactones) is 1. The first-order valence-electron chi connectivity index (χ1n) is 9.07. The number of fused-ring (bicyclic) bond motifs is 1. The summed E-state index contributed by atoms with van der Waals surface area (Å²) in [6, 6.07) is 0. The normalized spacial score (nSPS) is 45.9. The molecule has 0 spiro atoms. The van der Waals surface area contributed by atoms with E-state index in [1.54, 1.807) is 0 Å². The first-order chi connectivity index (χ1) is 10.8. The zero-order valence-corrected chi connectivity index (χ0v) is 14.7. The van der Waals surface area contributed by atoms with Crippen molar-refractivity contribution in [3.63, 3.8) is 0 Å². The smallest absolute Gasteiger partial charge is 0.334 e. The van der Waals surface area contributed by atoms with Crippen LogP contribution in [-0.4, -0.2) is 23.8 Å². The summed E-state index contributed by atoms with van der Waals surface area (Å²) in [7, 11) is 0. The van der Waals surface area contributed by atoms with Gasteiger partial charge in [0.15, 0.2) is 0 Å². The van der Waals surface area contributed by atoms with Crippen LogP contribution in [0.1, 0.15) is 52.9 Å². The Labute approximate surface area is 139 Å². The topological polar surface area (TPSA) is 46.5 Å². The summed E-state index contributed by atoms with van der Waals surface area (Å²) in [5, 5.41) is 10.3. The van der Waals surface area contributed by atoms with Crippen molar-refractivity contribution in [3.8, 4) is 0 Å². The molecule has 0 aromatic rings. The summed E-state index contributed by atoms with van der Waals surface area (Å²) in [6.45, 7) is 11.5. The number of aliphatic hydroxyl groups is 1. The maximum absolute atomic E-state index is 11.9. The van der Waals surface area contributed by atoms with Gasteiger partial charge in [-0.15, -0.1) is 0 Å². The second-order valence-electron chi connectivity index (χ2n) is 8.22. The first-order valence-corrected chi connectivity index (χ1v) is 9.07. The number of carbonyl (C=O) groups is 1. The average Bonchev–Trinajstić information content (AvgIpc) is 2.82. The van der Waals surface area contributed by atoms with Gasteiger partial charge in [-0.3, -0.25) is 0 Å². The lowest BCUT2D eigenvalue weighted by Gasteiger charge is -2.55. The van der Waals surface area contributed by atoms with Gasteiger partial charge in [0.2, 0.25) is 0 Å². The molecule has 1 heterocycles. The summed E-state index contributed by atoms with van der Waals surface area (Å²) in [6.07, 6.45) is 6.94. The Bertz CT molecular complexity index is 535. The molecule has 1 saturated heterocycles. The average molecular weight is 318 g/mol. The fraction of sp³-hybridized carbons (Fsp3) is 0.750. The lowest BCUT2D eigenvalue weighted by molar-refractivity contribution is -0.135. The number of hydrogen-bond acceptors (Lipinski definition) is 3. The Hall–Kier alpha value is -1.09. The fourth-order valence-electron chi connectivity index (χ4n) is 5.32. The van der Waals surface area contributed by atoms with Gasteiger partial charge in [0.05, 0.1) is 12.7 Å². The summed E-state index contributed by atoms with van der Waals surface area (Å²) >= 11 is 0. The van der Waals surface area contributed by atoms with Crippen LogP contribution in [0.3, 0.4) is 0 Å². The van der Waals surface area contributed by atoms with Crippen LogP contribution in [-0.2, 0) is 9.53 Å². The minimum atomic E-state index is -0.164. The Morgan fingerprint density at radius 1 is 1.39 bits per heavy atom. The third-order valence-corrected chi connectivity index (χ3v) is 6.94. The predicted molar refractivity (Wildman–Crippen MR) is 90.7 cm³/mol. The third-order valence-electron chi connectivity index (χ3n) is 6.94. The molecule has 6 atom stereocenters. The Morgan fingerprint density at radius 2 is 2.13 bits per heavy atom. The highest BCUT2D eigenvalue weighted by molar-refractivity contribution is 5.90. The molecule has 3 fully saturated rings. The van der Waals surface area contributed by atoms with Crippen molar-refractivity contribution in [1.82, 2.24) is 0 Å². The largest absolute Gasteiger partial charge is 0.462 e. The maximum Gasteiger partial charge on any atom is 0.334 e. The van der Waals surface area contributed by atoms with Gasteiger partial charge in [0.1, 0.15) is 0 Å². The van der Waals surface area contributed by atoms with Gasteiger partial charge in [-0.2, -0.15) is 0 Å². The van der Waals surface area contributed by atoms with E-state index in [2.05, 4.69) is 33.4 Å². The van der Waals surface area contributed by atoms with Gasteiger partial charge in [-0.1, -0.05) is 39.0 Å². The number of rotatable bonds is 2. The SMILES string of the molecule is C=C1CC[C@@H]2[C@@H](C)[C@H](O)CC[C@@]2(C)[C@@H]1C/C=C1/C(=O)OC[C@H]1C. The van der Waals surface area contributed by atoms with Gasteiger partial charge in [0.25, 0.3) is 0 Å². The van der Waals surface area contributed by atoms with Crippen molar-refractivity contribution in [1.29, 1.82) is 0 Å². The number of allylic oxidation sites excluding steroid dienone is 2. The summed E-state index contributed by atoms with van der Waals surface area (Å²) < 4.78 is 5.14. The molecule has 0 aromatic carbocycles. The minimum Gasteiger partial charge on any atom is -0.462 e. The van der Waals surface area contributed by atoms with Gasteiger partial charge >= 0.3 is 5.97 Å². The summed E-state index contributed by atoms with van der Waals surface area (Å²) in [4.78, 5) is 11.9. The molecule has 1 aliphatic heterocycles. The van der Waals surface area contributed by atoms with E-state index in [4.69, 9.17) is 4.74 Å². The highest BCUT2D eigenvalue weighted by Gasteiger charge is 2.50. The van der Waals surface area contributed by atoms with Crippen LogP contribution in [0.4, 0.5) is 0 Å². The monoisotopic (exact) mass is 318 g/mol. The molecule has 3 nitrogen and oxygen atoms in total. The number of hydrogen-bond donors (Lipinski definition) is 1. The molecule has 2 aliphatic carbocycles. The zero-order chi connectivity index (χ0) is 16.8. The molecule has 2 saturated carbocycles. The van der Waals surface area contributed by atoms with Gasteiger partial charge in [-0.05, 0) is 55.3 Å². The Morgan fingerprint density at radius 3 is 2.78 bits per heavy atom. The third kappa shape index (κ3) is 2.77. The Balaban J connectivity index is 1.83. The van der Waals surface area contributed by atoms with Crippen molar-refractivity contribution in [2.75, 3.05) is 6.61 Å². The summed E-state index contributed by atoms with van der Waals surface area (Å²) in [5.41, 5.74) is 2.35. The van der Waals surface area contributed by atoms with Crippen LogP contribution in [0.2, 0.25) is 0 Å². The molecule has 0 amide bonds. The van der Waals surface area contributed by atoms with E-state index < -0.39 is 0 Å².